The number of amides is 1. The number of aliphatic carboxylic acids is 1. The van der Waals surface area contributed by atoms with Gasteiger partial charge in [0.25, 0.3) is 5.91 Å². The zero-order valence-electron chi connectivity index (χ0n) is 13.2. The van der Waals surface area contributed by atoms with Gasteiger partial charge >= 0.3 is 5.97 Å². The third kappa shape index (κ3) is 3.17. The van der Waals surface area contributed by atoms with E-state index in [9.17, 15) is 9.59 Å². The number of carbonyl (C=O) groups is 2. The van der Waals surface area contributed by atoms with Crippen molar-refractivity contribution in [2.75, 3.05) is 17.2 Å². The molecule has 0 saturated heterocycles. The van der Waals surface area contributed by atoms with E-state index in [1.807, 2.05) is 31.2 Å². The Balaban J connectivity index is 1.92. The summed E-state index contributed by atoms with van der Waals surface area (Å²) in [6, 6.07) is 12.7. The molecule has 0 spiro atoms. The molecule has 0 saturated carbocycles. The van der Waals surface area contributed by atoms with Gasteiger partial charge < -0.3 is 15.6 Å². The summed E-state index contributed by atoms with van der Waals surface area (Å²) in [4.78, 5) is 25.1. The van der Waals surface area contributed by atoms with Crippen molar-refractivity contribution in [2.45, 2.75) is 19.4 Å². The van der Waals surface area contributed by atoms with Gasteiger partial charge in [-0.3, -0.25) is 14.5 Å². The number of anilines is 2. The van der Waals surface area contributed by atoms with Crippen molar-refractivity contribution < 1.29 is 19.4 Å². The number of nitrogen functional groups attached to an aromatic ring is 1. The van der Waals surface area contributed by atoms with E-state index in [0.29, 0.717) is 23.5 Å². The summed E-state index contributed by atoms with van der Waals surface area (Å²) in [7, 11) is 0. The predicted octanol–water partition coefficient (Wildman–Crippen LogP) is 2.00. The van der Waals surface area contributed by atoms with Crippen molar-refractivity contribution in [3.63, 3.8) is 0 Å². The Morgan fingerprint density at radius 1 is 1.25 bits per heavy atom. The molecule has 0 aliphatic carbocycles. The van der Waals surface area contributed by atoms with Crippen LogP contribution in [0.5, 0.6) is 5.75 Å². The number of hydrogen-bond donors (Lipinski definition) is 2. The Morgan fingerprint density at radius 3 is 2.62 bits per heavy atom. The summed E-state index contributed by atoms with van der Waals surface area (Å²) in [6.45, 7) is 1.56. The van der Waals surface area contributed by atoms with Gasteiger partial charge in [0.2, 0.25) is 0 Å². The number of nitrogens with zero attached hydrogens (tertiary/aromatic N) is 1. The maximum atomic E-state index is 12.7. The van der Waals surface area contributed by atoms with Crippen molar-refractivity contribution >= 4 is 23.3 Å². The zero-order chi connectivity index (χ0) is 17.3. The molecule has 6 heteroatoms. The summed E-state index contributed by atoms with van der Waals surface area (Å²) in [5.74, 6) is -1.01. The van der Waals surface area contributed by atoms with Crippen LogP contribution in [0.15, 0.2) is 42.5 Å². The normalized spacial score (nSPS) is 16.5. The highest BCUT2D eigenvalue weighted by molar-refractivity contribution is 6.03. The first kappa shape index (κ1) is 15.9. The molecule has 3 N–H and O–H groups in total. The van der Waals surface area contributed by atoms with Gasteiger partial charge in [0.1, 0.15) is 12.3 Å². The highest BCUT2D eigenvalue weighted by Crippen LogP contribution is 2.36. The van der Waals surface area contributed by atoms with E-state index < -0.39 is 18.6 Å². The molecule has 24 heavy (non-hydrogen) atoms. The van der Waals surface area contributed by atoms with Crippen LogP contribution in [-0.4, -0.2) is 29.6 Å². The SMILES string of the molecule is Cc1ccc(CC2Oc3ccc(N)cc3N(CC(=O)O)C2=O)cc1. The highest BCUT2D eigenvalue weighted by atomic mass is 16.5. The lowest BCUT2D eigenvalue weighted by Gasteiger charge is -2.33. The number of carboxylic acids is 1. The molecule has 1 aliphatic rings. The van der Waals surface area contributed by atoms with Crippen LogP contribution < -0.4 is 15.4 Å². The molecule has 0 radical (unpaired) electrons. The Morgan fingerprint density at radius 2 is 1.96 bits per heavy atom. The Kier molecular flexibility index (Phi) is 4.12. The molecule has 3 rings (SSSR count). The minimum absolute atomic E-state index is 0.374. The van der Waals surface area contributed by atoms with Crippen LogP contribution in [0.1, 0.15) is 11.1 Å². The summed E-state index contributed by atoms with van der Waals surface area (Å²) in [6.07, 6.45) is -0.387. The molecule has 2 aromatic rings. The second-order valence-corrected chi connectivity index (χ2v) is 5.84. The number of aryl methyl sites for hydroxylation is 1. The maximum absolute atomic E-state index is 12.7. The lowest BCUT2D eigenvalue weighted by atomic mass is 10.0. The molecule has 1 heterocycles. The molecule has 1 aliphatic heterocycles. The molecule has 2 aromatic carbocycles. The van der Waals surface area contributed by atoms with Crippen molar-refractivity contribution in [2.24, 2.45) is 0 Å². The van der Waals surface area contributed by atoms with Crippen LogP contribution in [0.2, 0.25) is 0 Å². The van der Waals surface area contributed by atoms with E-state index in [1.54, 1.807) is 18.2 Å². The summed E-state index contributed by atoms with van der Waals surface area (Å²) < 4.78 is 5.81. The number of carbonyl (C=O) groups excluding carboxylic acids is 1. The third-order valence-corrected chi connectivity index (χ3v) is 3.92. The van der Waals surface area contributed by atoms with Crippen molar-refractivity contribution in [1.82, 2.24) is 0 Å². The smallest absolute Gasteiger partial charge is 0.323 e. The number of hydrogen-bond acceptors (Lipinski definition) is 4. The van der Waals surface area contributed by atoms with Gasteiger partial charge in [-0.05, 0) is 30.7 Å². The van der Waals surface area contributed by atoms with E-state index >= 15 is 0 Å². The first-order valence-electron chi connectivity index (χ1n) is 7.59. The summed E-state index contributed by atoms with van der Waals surface area (Å²) in [5.41, 5.74) is 8.66. The molecule has 0 aromatic heterocycles. The Hall–Kier alpha value is -3.02. The molecular weight excluding hydrogens is 308 g/mol. The van der Waals surface area contributed by atoms with Crippen molar-refractivity contribution in [3.05, 3.63) is 53.6 Å². The second-order valence-electron chi connectivity index (χ2n) is 5.84. The topological polar surface area (TPSA) is 92.9 Å². The highest BCUT2D eigenvalue weighted by Gasteiger charge is 2.35. The van der Waals surface area contributed by atoms with Gasteiger partial charge in [-0.1, -0.05) is 29.8 Å². The summed E-state index contributed by atoms with van der Waals surface area (Å²) >= 11 is 0. The lowest BCUT2D eigenvalue weighted by Crippen LogP contribution is -2.48. The van der Waals surface area contributed by atoms with Crippen LogP contribution in [0.4, 0.5) is 11.4 Å². The molecule has 6 nitrogen and oxygen atoms in total. The monoisotopic (exact) mass is 326 g/mol. The van der Waals surface area contributed by atoms with Crippen LogP contribution in [0.25, 0.3) is 0 Å². The predicted molar refractivity (Wildman–Crippen MR) is 90.1 cm³/mol. The molecule has 1 atom stereocenters. The van der Waals surface area contributed by atoms with Crippen LogP contribution in [0.3, 0.4) is 0 Å². The number of fused-ring (bicyclic) bond motifs is 1. The molecule has 1 amide bonds. The molecule has 0 fully saturated rings. The Labute approximate surface area is 139 Å². The van der Waals surface area contributed by atoms with Gasteiger partial charge in [-0.2, -0.15) is 0 Å². The molecular formula is C18H18N2O4. The largest absolute Gasteiger partial charge is 0.480 e. The number of carboxylic acid groups (broad SMARTS) is 1. The fraction of sp³-hybridized carbons (Fsp3) is 0.222. The lowest BCUT2D eigenvalue weighted by molar-refractivity contribution is -0.137. The van der Waals surface area contributed by atoms with E-state index in [0.717, 1.165) is 11.1 Å². The van der Waals surface area contributed by atoms with Crippen LogP contribution in [0, 0.1) is 6.92 Å². The minimum atomic E-state index is -1.09. The standard InChI is InChI=1S/C18H18N2O4/c1-11-2-4-12(5-3-11)8-16-18(23)20(10-17(21)22)14-9-13(19)6-7-15(14)24-16/h2-7,9,16H,8,10,19H2,1H3,(H,21,22). The van der Waals surface area contributed by atoms with Crippen molar-refractivity contribution in [1.29, 1.82) is 0 Å². The first-order valence-corrected chi connectivity index (χ1v) is 7.59. The van der Waals surface area contributed by atoms with E-state index in [2.05, 4.69) is 0 Å². The zero-order valence-corrected chi connectivity index (χ0v) is 13.2. The number of ether oxygens (including phenoxy) is 1. The van der Waals surface area contributed by atoms with Crippen LogP contribution >= 0.6 is 0 Å². The van der Waals surface area contributed by atoms with Gasteiger partial charge in [-0.15, -0.1) is 0 Å². The first-order chi connectivity index (χ1) is 11.4. The van der Waals surface area contributed by atoms with E-state index in [1.165, 1.54) is 4.90 Å². The summed E-state index contributed by atoms with van der Waals surface area (Å²) in [5, 5.41) is 9.12. The fourth-order valence-electron chi connectivity index (χ4n) is 2.71. The van der Waals surface area contributed by atoms with Crippen LogP contribution in [-0.2, 0) is 16.0 Å². The van der Waals surface area contributed by atoms with Gasteiger partial charge in [0.05, 0.1) is 5.69 Å². The molecule has 0 bridgehead atoms. The molecule has 1 unspecified atom stereocenters. The van der Waals surface area contributed by atoms with Gasteiger partial charge in [0.15, 0.2) is 6.10 Å². The van der Waals surface area contributed by atoms with Gasteiger partial charge in [-0.25, -0.2) is 0 Å². The maximum Gasteiger partial charge on any atom is 0.323 e. The van der Waals surface area contributed by atoms with Gasteiger partial charge in [0, 0.05) is 12.1 Å². The third-order valence-electron chi connectivity index (χ3n) is 3.92. The quantitative estimate of drug-likeness (QED) is 0.838. The van der Waals surface area contributed by atoms with E-state index in [-0.39, 0.29) is 5.91 Å². The fourth-order valence-corrected chi connectivity index (χ4v) is 2.71. The Bertz CT molecular complexity index is 786. The van der Waals surface area contributed by atoms with Crippen molar-refractivity contribution in [3.8, 4) is 5.75 Å². The minimum Gasteiger partial charge on any atom is -0.480 e. The molecule has 124 valence electrons. The average molecular weight is 326 g/mol. The second kappa shape index (κ2) is 6.23. The number of benzene rings is 2. The van der Waals surface area contributed by atoms with E-state index in [4.69, 9.17) is 15.6 Å². The number of nitrogens with two attached hydrogens (primary N) is 1. The average Bonchev–Trinajstić information content (AvgIpc) is 2.54. The number of rotatable bonds is 4.